The van der Waals surface area contributed by atoms with Gasteiger partial charge >= 0.3 is 0 Å². The molecule has 0 amide bonds. The number of nitrogen functional groups attached to an aromatic ring is 1. The molecule has 1 unspecified atom stereocenters. The van der Waals surface area contributed by atoms with Crippen LogP contribution in [0.4, 0.5) is 10.9 Å². The van der Waals surface area contributed by atoms with Crippen molar-refractivity contribution in [3.8, 4) is 0 Å². The van der Waals surface area contributed by atoms with Crippen LogP contribution in [0, 0.1) is 0 Å². The van der Waals surface area contributed by atoms with Gasteiger partial charge in [0.25, 0.3) is 0 Å². The van der Waals surface area contributed by atoms with Gasteiger partial charge in [0.2, 0.25) is 5.13 Å². The molecule has 0 saturated heterocycles. The van der Waals surface area contributed by atoms with Crippen LogP contribution in [0.5, 0.6) is 0 Å². The molecule has 0 saturated carbocycles. The molecule has 0 radical (unpaired) electrons. The van der Waals surface area contributed by atoms with Crippen LogP contribution >= 0.6 is 11.3 Å². The molecule has 3 rings (SSSR count). The molecule has 26 heavy (non-hydrogen) atoms. The minimum Gasteiger partial charge on any atom is -0.382 e. The molecule has 0 aliphatic heterocycles. The average molecular weight is 371 g/mol. The van der Waals surface area contributed by atoms with Crippen LogP contribution in [-0.2, 0) is 19.3 Å². The zero-order valence-corrected chi connectivity index (χ0v) is 15.1. The Labute approximate surface area is 155 Å². The number of aromatic nitrogens is 5. The van der Waals surface area contributed by atoms with Crippen molar-refractivity contribution < 1.29 is 5.11 Å². The Morgan fingerprint density at radius 2 is 1.88 bits per heavy atom. The zero-order valence-electron chi connectivity index (χ0n) is 14.2. The van der Waals surface area contributed by atoms with Gasteiger partial charge in [0.05, 0.1) is 5.69 Å². The lowest BCUT2D eigenvalue weighted by atomic mass is 10.1. The van der Waals surface area contributed by atoms with Crippen molar-refractivity contribution in [3.63, 3.8) is 0 Å². The summed E-state index contributed by atoms with van der Waals surface area (Å²) < 4.78 is 0. The fourth-order valence-electron chi connectivity index (χ4n) is 2.41. The van der Waals surface area contributed by atoms with Crippen molar-refractivity contribution in [1.82, 2.24) is 25.4 Å². The quantitative estimate of drug-likeness (QED) is 0.385. The van der Waals surface area contributed by atoms with E-state index < -0.39 is 6.23 Å². The minimum absolute atomic E-state index is 0.415. The fraction of sp³-hybridized carbons (Fsp3) is 0.353. The van der Waals surface area contributed by atoms with Gasteiger partial charge in [0.1, 0.15) is 17.1 Å². The van der Waals surface area contributed by atoms with Crippen LogP contribution in [0.3, 0.4) is 0 Å². The first-order valence-corrected chi connectivity index (χ1v) is 9.25. The lowest BCUT2D eigenvalue weighted by Gasteiger charge is -2.10. The molecule has 136 valence electrons. The highest BCUT2D eigenvalue weighted by molar-refractivity contribution is 7.15. The van der Waals surface area contributed by atoms with Crippen molar-refractivity contribution in [2.24, 2.45) is 0 Å². The van der Waals surface area contributed by atoms with Crippen LogP contribution in [0.1, 0.15) is 29.2 Å². The van der Waals surface area contributed by atoms with Gasteiger partial charge in [-0.05, 0) is 43.5 Å². The molecule has 0 spiro atoms. The Kier molecular flexibility index (Phi) is 6.39. The number of unbranched alkanes of at least 4 members (excludes halogenated alkanes) is 1. The number of nitrogens with zero attached hydrogens (tertiary/aromatic N) is 5. The highest BCUT2D eigenvalue weighted by Crippen LogP contribution is 2.18. The largest absolute Gasteiger partial charge is 0.382 e. The summed E-state index contributed by atoms with van der Waals surface area (Å²) in [6.07, 6.45) is 5.06. The fourth-order valence-corrected chi connectivity index (χ4v) is 3.24. The molecule has 1 atom stereocenters. The van der Waals surface area contributed by atoms with Crippen molar-refractivity contribution in [2.75, 3.05) is 11.1 Å². The number of pyridine rings is 1. The molecule has 3 heterocycles. The van der Waals surface area contributed by atoms with Gasteiger partial charge in [-0.15, -0.1) is 15.3 Å². The van der Waals surface area contributed by atoms with Crippen molar-refractivity contribution >= 4 is 22.3 Å². The first kappa shape index (κ1) is 18.2. The summed E-state index contributed by atoms with van der Waals surface area (Å²) >= 11 is 1.46. The summed E-state index contributed by atoms with van der Waals surface area (Å²) in [7, 11) is 0. The molecular formula is C17H21N7OS. The van der Waals surface area contributed by atoms with Gasteiger partial charge < -0.3 is 16.2 Å². The van der Waals surface area contributed by atoms with E-state index in [-0.39, 0.29) is 0 Å². The molecule has 9 heteroatoms. The Morgan fingerprint density at radius 3 is 2.65 bits per heavy atom. The first-order valence-electron chi connectivity index (χ1n) is 8.44. The summed E-state index contributed by atoms with van der Waals surface area (Å²) in [5.74, 6) is 0.438. The van der Waals surface area contributed by atoms with Gasteiger partial charge in [-0.1, -0.05) is 17.4 Å². The molecule has 0 aromatic carbocycles. The summed E-state index contributed by atoms with van der Waals surface area (Å²) in [5.41, 5.74) is 7.29. The van der Waals surface area contributed by atoms with E-state index in [4.69, 9.17) is 5.73 Å². The molecule has 3 aromatic heterocycles. The highest BCUT2D eigenvalue weighted by atomic mass is 32.1. The van der Waals surface area contributed by atoms with Crippen molar-refractivity contribution in [2.45, 2.75) is 38.3 Å². The monoisotopic (exact) mass is 371 g/mol. The van der Waals surface area contributed by atoms with Crippen LogP contribution in [-0.4, -0.2) is 36.7 Å². The highest BCUT2D eigenvalue weighted by Gasteiger charge is 2.10. The predicted molar refractivity (Wildman–Crippen MR) is 101 cm³/mol. The van der Waals surface area contributed by atoms with E-state index in [1.165, 1.54) is 11.3 Å². The molecule has 4 N–H and O–H groups in total. The van der Waals surface area contributed by atoms with Crippen LogP contribution in [0.25, 0.3) is 0 Å². The number of hydrogen-bond acceptors (Lipinski definition) is 9. The number of rotatable bonds is 9. The molecule has 0 aliphatic carbocycles. The number of aliphatic hydroxyl groups excluding tert-OH is 1. The third-order valence-corrected chi connectivity index (χ3v) is 4.61. The molecular weight excluding hydrogens is 350 g/mol. The summed E-state index contributed by atoms with van der Waals surface area (Å²) in [5, 5.41) is 30.8. The second-order valence-electron chi connectivity index (χ2n) is 5.84. The van der Waals surface area contributed by atoms with Crippen molar-refractivity contribution in [3.05, 3.63) is 52.9 Å². The van der Waals surface area contributed by atoms with E-state index in [1.807, 2.05) is 24.3 Å². The van der Waals surface area contributed by atoms with E-state index in [2.05, 4.69) is 30.7 Å². The number of nitrogens with one attached hydrogen (secondary N) is 1. The third kappa shape index (κ3) is 5.71. The van der Waals surface area contributed by atoms with Gasteiger partial charge in [-0.2, -0.15) is 5.10 Å². The van der Waals surface area contributed by atoms with Gasteiger partial charge in [-0.3, -0.25) is 4.98 Å². The standard InChI is InChI=1S/C17H21N7OS/c18-14-9-8-12(21-22-14)5-1-2-7-16-23-24-17(26-16)20-15(25)11-13-6-3-4-10-19-13/h3-4,6,8-10,15,25H,1-2,5,7,11H2,(H2,18,22)(H,20,24). The number of aryl methyl sites for hydroxylation is 2. The Morgan fingerprint density at radius 1 is 1.00 bits per heavy atom. The van der Waals surface area contributed by atoms with E-state index in [1.54, 1.807) is 12.3 Å². The predicted octanol–water partition coefficient (Wildman–Crippen LogP) is 1.84. The average Bonchev–Trinajstić information content (AvgIpc) is 3.08. The molecule has 0 fully saturated rings. The second kappa shape index (κ2) is 9.16. The van der Waals surface area contributed by atoms with Crippen molar-refractivity contribution in [1.29, 1.82) is 0 Å². The van der Waals surface area contributed by atoms with Gasteiger partial charge in [0.15, 0.2) is 0 Å². The normalized spacial score (nSPS) is 12.0. The number of anilines is 2. The summed E-state index contributed by atoms with van der Waals surface area (Å²) in [6, 6.07) is 9.29. The van der Waals surface area contributed by atoms with E-state index in [9.17, 15) is 5.11 Å². The zero-order chi connectivity index (χ0) is 18.2. The maximum Gasteiger partial charge on any atom is 0.207 e. The molecule has 0 aliphatic rings. The Bertz CT molecular complexity index is 794. The van der Waals surface area contributed by atoms with Crippen LogP contribution < -0.4 is 11.1 Å². The van der Waals surface area contributed by atoms with Gasteiger partial charge in [-0.25, -0.2) is 0 Å². The Hall–Kier alpha value is -2.65. The van der Waals surface area contributed by atoms with Gasteiger partial charge in [0, 0.05) is 24.7 Å². The number of nitrogens with two attached hydrogens (primary N) is 1. The lowest BCUT2D eigenvalue weighted by Crippen LogP contribution is -2.21. The first-order chi connectivity index (χ1) is 12.7. The molecule has 3 aromatic rings. The topological polar surface area (TPSA) is 123 Å². The minimum atomic E-state index is -0.741. The van der Waals surface area contributed by atoms with E-state index in [0.29, 0.717) is 17.4 Å². The number of aliphatic hydroxyl groups is 1. The summed E-state index contributed by atoms with van der Waals surface area (Å²) in [4.78, 5) is 4.20. The van der Waals surface area contributed by atoms with Crippen LogP contribution in [0.2, 0.25) is 0 Å². The summed E-state index contributed by atoms with van der Waals surface area (Å²) in [6.45, 7) is 0. The smallest absolute Gasteiger partial charge is 0.207 e. The van der Waals surface area contributed by atoms with E-state index in [0.717, 1.165) is 42.1 Å². The number of hydrogen-bond donors (Lipinski definition) is 3. The molecule has 8 nitrogen and oxygen atoms in total. The Balaban J connectivity index is 1.39. The van der Waals surface area contributed by atoms with E-state index >= 15 is 0 Å². The maximum atomic E-state index is 10.1. The maximum absolute atomic E-state index is 10.1. The third-order valence-electron chi connectivity index (χ3n) is 3.70. The lowest BCUT2D eigenvalue weighted by molar-refractivity contribution is 0.202. The SMILES string of the molecule is Nc1ccc(CCCCc2nnc(NC(O)Cc3ccccn3)s2)nn1. The second-order valence-corrected chi connectivity index (χ2v) is 6.91. The van der Waals surface area contributed by atoms with Crippen LogP contribution in [0.15, 0.2) is 36.5 Å². The molecule has 0 bridgehead atoms.